The summed E-state index contributed by atoms with van der Waals surface area (Å²) in [5, 5.41) is 6.26. The predicted molar refractivity (Wildman–Crippen MR) is 87.0 cm³/mol. The Morgan fingerprint density at radius 2 is 1.95 bits per heavy atom. The zero-order chi connectivity index (χ0) is 14.4. The van der Waals surface area contributed by atoms with E-state index in [-0.39, 0.29) is 0 Å². The van der Waals surface area contributed by atoms with Gasteiger partial charge in [-0.05, 0) is 36.8 Å². The monoisotopic (exact) mass is 270 g/mol. The lowest BCUT2D eigenvalue weighted by Crippen LogP contribution is -2.33. The molecule has 0 amide bonds. The van der Waals surface area contributed by atoms with E-state index in [4.69, 9.17) is 0 Å². The normalized spacial score (nSPS) is 13.0. The van der Waals surface area contributed by atoms with Crippen LogP contribution >= 0.6 is 0 Å². The summed E-state index contributed by atoms with van der Waals surface area (Å²) in [6.45, 7) is 7.88. The maximum absolute atomic E-state index is 4.62. The summed E-state index contributed by atoms with van der Waals surface area (Å²) in [6.07, 6.45) is 5.33. The van der Waals surface area contributed by atoms with Gasteiger partial charge in [-0.25, -0.2) is 0 Å². The number of nitrogens with zero attached hydrogens (tertiary/aromatic N) is 1. The van der Waals surface area contributed by atoms with Crippen molar-refractivity contribution in [2.45, 2.75) is 46.1 Å². The van der Waals surface area contributed by atoms with Crippen LogP contribution in [0.25, 0.3) is 10.8 Å². The molecule has 108 valence electrons. The van der Waals surface area contributed by atoms with Gasteiger partial charge >= 0.3 is 0 Å². The molecule has 0 saturated heterocycles. The summed E-state index contributed by atoms with van der Waals surface area (Å²) < 4.78 is 0. The molecule has 0 bridgehead atoms. The van der Waals surface area contributed by atoms with Gasteiger partial charge in [0, 0.05) is 29.7 Å². The third-order valence-corrected chi connectivity index (χ3v) is 3.63. The highest BCUT2D eigenvalue weighted by Gasteiger charge is 2.13. The number of rotatable bonds is 7. The lowest BCUT2D eigenvalue weighted by Gasteiger charge is -2.20. The van der Waals surface area contributed by atoms with Gasteiger partial charge in [0.1, 0.15) is 0 Å². The van der Waals surface area contributed by atoms with E-state index in [2.05, 4.69) is 61.4 Å². The molecule has 1 aromatic heterocycles. The Balaban J connectivity index is 2.18. The quantitative estimate of drug-likeness (QED) is 0.816. The fourth-order valence-corrected chi connectivity index (χ4v) is 2.73. The van der Waals surface area contributed by atoms with Crippen molar-refractivity contribution < 1.29 is 0 Å². The Morgan fingerprint density at radius 3 is 2.70 bits per heavy atom. The lowest BCUT2D eigenvalue weighted by atomic mass is 9.97. The predicted octanol–water partition coefficient (Wildman–Crippen LogP) is 4.19. The van der Waals surface area contributed by atoms with E-state index >= 15 is 0 Å². The van der Waals surface area contributed by atoms with Crippen molar-refractivity contribution in [3.63, 3.8) is 0 Å². The van der Waals surface area contributed by atoms with Crippen LogP contribution in [0.3, 0.4) is 0 Å². The minimum atomic E-state index is 0.522. The maximum Gasteiger partial charge on any atom is 0.0497 e. The minimum absolute atomic E-state index is 0.522. The molecular weight excluding hydrogens is 244 g/mol. The molecular formula is C18H26N2. The summed E-state index contributed by atoms with van der Waals surface area (Å²) in [7, 11) is 0. The molecule has 0 fully saturated rings. The van der Waals surface area contributed by atoms with Gasteiger partial charge in [0.2, 0.25) is 0 Å². The van der Waals surface area contributed by atoms with E-state index in [0.29, 0.717) is 12.0 Å². The summed E-state index contributed by atoms with van der Waals surface area (Å²) in [5.74, 6) is 0.708. The first-order valence-electron chi connectivity index (χ1n) is 7.76. The first-order chi connectivity index (χ1) is 9.70. The Hall–Kier alpha value is -1.41. The molecule has 2 rings (SSSR count). The van der Waals surface area contributed by atoms with Crippen molar-refractivity contribution >= 4 is 10.8 Å². The summed E-state index contributed by atoms with van der Waals surface area (Å²) in [4.78, 5) is 4.62. The van der Waals surface area contributed by atoms with Crippen LogP contribution in [-0.2, 0) is 6.42 Å². The van der Waals surface area contributed by atoms with Crippen LogP contribution in [0.1, 0.15) is 39.3 Å². The molecule has 2 aromatic rings. The van der Waals surface area contributed by atoms with Crippen molar-refractivity contribution in [3.05, 3.63) is 42.2 Å². The number of hydrogen-bond donors (Lipinski definition) is 1. The molecule has 1 atom stereocenters. The average Bonchev–Trinajstić information content (AvgIpc) is 2.44. The van der Waals surface area contributed by atoms with Crippen LogP contribution in [0.5, 0.6) is 0 Å². The number of hydrogen-bond acceptors (Lipinski definition) is 2. The molecule has 0 saturated carbocycles. The Kier molecular flexibility index (Phi) is 5.54. The van der Waals surface area contributed by atoms with Crippen molar-refractivity contribution in [3.8, 4) is 0 Å². The largest absolute Gasteiger partial charge is 0.314 e. The molecule has 2 heteroatoms. The van der Waals surface area contributed by atoms with E-state index in [1.807, 2.05) is 6.20 Å². The highest BCUT2D eigenvalue weighted by atomic mass is 14.9. The summed E-state index contributed by atoms with van der Waals surface area (Å²) >= 11 is 0. The first-order valence-corrected chi connectivity index (χ1v) is 7.76. The SMILES string of the molecule is CCCNC(Cc1nccc2ccccc12)CC(C)C. The van der Waals surface area contributed by atoms with Crippen LogP contribution in [0.2, 0.25) is 0 Å². The Labute approximate surface area is 122 Å². The number of nitrogens with one attached hydrogen (secondary N) is 1. The summed E-state index contributed by atoms with van der Waals surface area (Å²) in [6, 6.07) is 11.2. The van der Waals surface area contributed by atoms with Crippen molar-refractivity contribution in [2.24, 2.45) is 5.92 Å². The molecule has 0 aliphatic rings. The Morgan fingerprint density at radius 1 is 1.15 bits per heavy atom. The van der Waals surface area contributed by atoms with Gasteiger partial charge in [-0.15, -0.1) is 0 Å². The molecule has 1 unspecified atom stereocenters. The van der Waals surface area contributed by atoms with Gasteiger partial charge in [0.15, 0.2) is 0 Å². The van der Waals surface area contributed by atoms with Crippen molar-refractivity contribution in [1.82, 2.24) is 10.3 Å². The van der Waals surface area contributed by atoms with Crippen LogP contribution < -0.4 is 5.32 Å². The molecule has 20 heavy (non-hydrogen) atoms. The molecule has 1 N–H and O–H groups in total. The molecule has 0 spiro atoms. The fourth-order valence-electron chi connectivity index (χ4n) is 2.73. The fraction of sp³-hybridized carbons (Fsp3) is 0.500. The lowest BCUT2D eigenvalue weighted by molar-refractivity contribution is 0.414. The topological polar surface area (TPSA) is 24.9 Å². The van der Waals surface area contributed by atoms with E-state index in [0.717, 1.165) is 13.0 Å². The number of fused-ring (bicyclic) bond motifs is 1. The second-order valence-corrected chi connectivity index (χ2v) is 5.96. The maximum atomic E-state index is 4.62. The molecule has 0 radical (unpaired) electrons. The van der Waals surface area contributed by atoms with Gasteiger partial charge in [-0.2, -0.15) is 0 Å². The van der Waals surface area contributed by atoms with E-state index in [1.165, 1.54) is 29.3 Å². The third kappa shape index (κ3) is 4.04. The van der Waals surface area contributed by atoms with Crippen LogP contribution in [0.4, 0.5) is 0 Å². The van der Waals surface area contributed by atoms with E-state index in [9.17, 15) is 0 Å². The average molecular weight is 270 g/mol. The highest BCUT2D eigenvalue weighted by Crippen LogP contribution is 2.19. The Bertz CT molecular complexity index is 528. The van der Waals surface area contributed by atoms with Crippen LogP contribution in [0, 0.1) is 5.92 Å². The smallest absolute Gasteiger partial charge is 0.0497 e. The van der Waals surface area contributed by atoms with Gasteiger partial charge in [-0.3, -0.25) is 4.98 Å². The van der Waals surface area contributed by atoms with Gasteiger partial charge in [0.25, 0.3) is 0 Å². The van der Waals surface area contributed by atoms with Gasteiger partial charge in [0.05, 0.1) is 0 Å². The highest BCUT2D eigenvalue weighted by molar-refractivity contribution is 5.84. The minimum Gasteiger partial charge on any atom is -0.314 e. The van der Waals surface area contributed by atoms with E-state index in [1.54, 1.807) is 0 Å². The molecule has 0 aliphatic heterocycles. The second kappa shape index (κ2) is 7.39. The van der Waals surface area contributed by atoms with Crippen molar-refractivity contribution in [2.75, 3.05) is 6.54 Å². The zero-order valence-corrected chi connectivity index (χ0v) is 12.9. The van der Waals surface area contributed by atoms with Gasteiger partial charge < -0.3 is 5.32 Å². The van der Waals surface area contributed by atoms with E-state index < -0.39 is 0 Å². The zero-order valence-electron chi connectivity index (χ0n) is 12.9. The van der Waals surface area contributed by atoms with Crippen molar-refractivity contribution in [1.29, 1.82) is 0 Å². The third-order valence-electron chi connectivity index (χ3n) is 3.63. The number of pyridine rings is 1. The molecule has 2 nitrogen and oxygen atoms in total. The van der Waals surface area contributed by atoms with Crippen LogP contribution in [0.15, 0.2) is 36.5 Å². The molecule has 1 heterocycles. The molecule has 1 aromatic carbocycles. The second-order valence-electron chi connectivity index (χ2n) is 5.96. The molecule has 0 aliphatic carbocycles. The number of benzene rings is 1. The number of aromatic nitrogens is 1. The summed E-state index contributed by atoms with van der Waals surface area (Å²) in [5.41, 5.74) is 1.22. The standard InChI is InChI=1S/C18H26N2/c1-4-10-19-16(12-14(2)3)13-18-17-8-6-5-7-15(17)9-11-20-18/h5-9,11,14,16,19H,4,10,12-13H2,1-3H3. The first kappa shape index (κ1) is 15.0. The van der Waals surface area contributed by atoms with Gasteiger partial charge in [-0.1, -0.05) is 45.0 Å². The van der Waals surface area contributed by atoms with Crippen LogP contribution in [-0.4, -0.2) is 17.6 Å².